The van der Waals surface area contributed by atoms with E-state index in [2.05, 4.69) is 0 Å². The standard InChI is InChI=1S/C17H24O5/c1-20-16(19)12-15-11-14(9-5-6-10-18)21-17(22-15)13-7-3-2-4-8-13/h2-4,7-8,14-15,17-18H,5-6,9-12H2,1H3/t14-,15-,17-/m0/s1. The van der Waals surface area contributed by atoms with E-state index >= 15 is 0 Å². The quantitative estimate of drug-likeness (QED) is 0.619. The summed E-state index contributed by atoms with van der Waals surface area (Å²) in [5.41, 5.74) is 0.948. The Kier molecular flexibility index (Phi) is 6.83. The molecule has 0 bridgehead atoms. The predicted octanol–water partition coefficient (Wildman–Crippen LogP) is 2.59. The molecule has 0 amide bonds. The number of carbonyl (C=O) groups excluding carboxylic acids is 1. The smallest absolute Gasteiger partial charge is 0.308 e. The van der Waals surface area contributed by atoms with Crippen LogP contribution in [-0.2, 0) is 19.0 Å². The van der Waals surface area contributed by atoms with E-state index in [1.54, 1.807) is 0 Å². The summed E-state index contributed by atoms with van der Waals surface area (Å²) in [7, 11) is 1.38. The van der Waals surface area contributed by atoms with Crippen LogP contribution in [0.15, 0.2) is 30.3 Å². The van der Waals surface area contributed by atoms with E-state index in [9.17, 15) is 4.79 Å². The van der Waals surface area contributed by atoms with E-state index in [0.717, 1.165) is 24.8 Å². The lowest BCUT2D eigenvalue weighted by atomic mass is 10.0. The van der Waals surface area contributed by atoms with Crippen LogP contribution < -0.4 is 0 Å². The summed E-state index contributed by atoms with van der Waals surface area (Å²) < 4.78 is 16.7. The summed E-state index contributed by atoms with van der Waals surface area (Å²) in [6.45, 7) is 0.191. The fourth-order valence-electron chi connectivity index (χ4n) is 2.62. The van der Waals surface area contributed by atoms with Crippen molar-refractivity contribution < 1.29 is 24.1 Å². The second-order valence-electron chi connectivity index (χ2n) is 5.49. The van der Waals surface area contributed by atoms with E-state index in [-0.39, 0.29) is 31.2 Å². The zero-order valence-corrected chi connectivity index (χ0v) is 12.9. The van der Waals surface area contributed by atoms with Crippen LogP contribution in [-0.4, -0.2) is 37.0 Å². The number of aliphatic hydroxyl groups excluding tert-OH is 1. The molecule has 1 aromatic carbocycles. The van der Waals surface area contributed by atoms with Crippen molar-refractivity contribution in [3.8, 4) is 0 Å². The molecule has 0 saturated carbocycles. The lowest BCUT2D eigenvalue weighted by Gasteiger charge is -2.35. The Morgan fingerprint density at radius 2 is 1.95 bits per heavy atom. The summed E-state index contributed by atoms with van der Waals surface area (Å²) >= 11 is 0. The van der Waals surface area contributed by atoms with Crippen molar-refractivity contribution >= 4 is 5.97 Å². The van der Waals surface area contributed by atoms with E-state index < -0.39 is 6.29 Å². The Hall–Kier alpha value is -1.43. The number of hydrogen-bond donors (Lipinski definition) is 1. The van der Waals surface area contributed by atoms with Gasteiger partial charge in [0, 0.05) is 18.6 Å². The molecular weight excluding hydrogens is 284 g/mol. The third-order valence-electron chi connectivity index (χ3n) is 3.79. The number of benzene rings is 1. The minimum Gasteiger partial charge on any atom is -0.469 e. The highest BCUT2D eigenvalue weighted by Crippen LogP contribution is 2.33. The van der Waals surface area contributed by atoms with Crippen molar-refractivity contribution in [3.63, 3.8) is 0 Å². The fourth-order valence-corrected chi connectivity index (χ4v) is 2.62. The van der Waals surface area contributed by atoms with E-state index in [1.807, 2.05) is 30.3 Å². The molecule has 1 N–H and O–H groups in total. The van der Waals surface area contributed by atoms with Crippen LogP contribution in [0.1, 0.15) is 44.0 Å². The van der Waals surface area contributed by atoms with Crippen molar-refractivity contribution in [2.45, 2.75) is 50.6 Å². The number of ether oxygens (including phenoxy) is 3. The van der Waals surface area contributed by atoms with Crippen LogP contribution in [0.3, 0.4) is 0 Å². The molecule has 0 aromatic heterocycles. The van der Waals surface area contributed by atoms with Gasteiger partial charge in [0.1, 0.15) is 0 Å². The van der Waals surface area contributed by atoms with Crippen molar-refractivity contribution in [2.75, 3.05) is 13.7 Å². The van der Waals surface area contributed by atoms with Gasteiger partial charge in [0.15, 0.2) is 6.29 Å². The summed E-state index contributed by atoms with van der Waals surface area (Å²) in [5, 5.41) is 8.90. The van der Waals surface area contributed by atoms with Gasteiger partial charge in [-0.15, -0.1) is 0 Å². The van der Waals surface area contributed by atoms with Gasteiger partial charge in [-0.3, -0.25) is 4.79 Å². The predicted molar refractivity (Wildman–Crippen MR) is 81.1 cm³/mol. The Balaban J connectivity index is 2.01. The second-order valence-corrected chi connectivity index (χ2v) is 5.49. The molecule has 0 spiro atoms. The average Bonchev–Trinajstić information content (AvgIpc) is 2.55. The monoisotopic (exact) mass is 308 g/mol. The number of aliphatic hydroxyl groups is 1. The van der Waals surface area contributed by atoms with Crippen LogP contribution >= 0.6 is 0 Å². The average molecular weight is 308 g/mol. The summed E-state index contributed by atoms with van der Waals surface area (Å²) in [4.78, 5) is 11.5. The van der Waals surface area contributed by atoms with Gasteiger partial charge in [0.2, 0.25) is 0 Å². The fraction of sp³-hybridized carbons (Fsp3) is 0.588. The van der Waals surface area contributed by atoms with Crippen LogP contribution in [0.4, 0.5) is 0 Å². The topological polar surface area (TPSA) is 65.0 Å². The highest BCUT2D eigenvalue weighted by molar-refractivity contribution is 5.69. The molecule has 1 saturated heterocycles. The van der Waals surface area contributed by atoms with Gasteiger partial charge in [0.25, 0.3) is 0 Å². The molecule has 1 aliphatic heterocycles. The Morgan fingerprint density at radius 3 is 2.64 bits per heavy atom. The number of rotatable bonds is 7. The lowest BCUT2D eigenvalue weighted by molar-refractivity contribution is -0.250. The number of methoxy groups -OCH3 is 1. The minimum atomic E-state index is -0.455. The van der Waals surface area contributed by atoms with Gasteiger partial charge in [0.05, 0.1) is 25.7 Å². The number of esters is 1. The molecule has 122 valence electrons. The van der Waals surface area contributed by atoms with Gasteiger partial charge in [-0.2, -0.15) is 0 Å². The van der Waals surface area contributed by atoms with E-state index in [0.29, 0.717) is 6.42 Å². The van der Waals surface area contributed by atoms with Crippen molar-refractivity contribution in [1.82, 2.24) is 0 Å². The number of unbranched alkanes of at least 4 members (excludes halogenated alkanes) is 1. The molecule has 2 rings (SSSR count). The summed E-state index contributed by atoms with van der Waals surface area (Å²) in [5.74, 6) is -0.271. The molecule has 3 atom stereocenters. The Bertz CT molecular complexity index is 448. The first-order valence-electron chi connectivity index (χ1n) is 7.76. The first-order valence-corrected chi connectivity index (χ1v) is 7.76. The van der Waals surface area contributed by atoms with Crippen LogP contribution in [0.25, 0.3) is 0 Å². The molecule has 1 aliphatic rings. The highest BCUT2D eigenvalue weighted by atomic mass is 16.7. The van der Waals surface area contributed by atoms with Crippen LogP contribution in [0.2, 0.25) is 0 Å². The normalized spacial score (nSPS) is 24.9. The molecule has 1 heterocycles. The Labute approximate surface area is 131 Å². The number of carbonyl (C=O) groups is 1. The van der Waals surface area contributed by atoms with Gasteiger partial charge in [-0.25, -0.2) is 0 Å². The van der Waals surface area contributed by atoms with Crippen LogP contribution in [0, 0.1) is 0 Å². The van der Waals surface area contributed by atoms with E-state index in [1.165, 1.54) is 7.11 Å². The van der Waals surface area contributed by atoms with Gasteiger partial charge >= 0.3 is 5.97 Å². The van der Waals surface area contributed by atoms with Crippen LogP contribution in [0.5, 0.6) is 0 Å². The maximum atomic E-state index is 11.5. The lowest BCUT2D eigenvalue weighted by Crippen LogP contribution is -2.35. The first-order chi connectivity index (χ1) is 10.7. The molecule has 5 nitrogen and oxygen atoms in total. The molecule has 1 fully saturated rings. The zero-order chi connectivity index (χ0) is 15.8. The molecule has 0 aliphatic carbocycles. The molecule has 0 unspecified atom stereocenters. The second kappa shape index (κ2) is 8.88. The summed E-state index contributed by atoms with van der Waals surface area (Å²) in [6.07, 6.45) is 2.79. The van der Waals surface area contributed by atoms with Gasteiger partial charge < -0.3 is 19.3 Å². The minimum absolute atomic E-state index is 0.0279. The molecule has 22 heavy (non-hydrogen) atoms. The molecule has 1 aromatic rings. The highest BCUT2D eigenvalue weighted by Gasteiger charge is 2.32. The van der Waals surface area contributed by atoms with Crippen molar-refractivity contribution in [1.29, 1.82) is 0 Å². The Morgan fingerprint density at radius 1 is 1.23 bits per heavy atom. The third kappa shape index (κ3) is 5.09. The van der Waals surface area contributed by atoms with Gasteiger partial charge in [-0.05, 0) is 19.3 Å². The number of hydrogen-bond acceptors (Lipinski definition) is 5. The SMILES string of the molecule is COC(=O)C[C@@H]1C[C@H](CCCCO)O[C@H](c2ccccc2)O1. The molecular formula is C17H24O5. The van der Waals surface area contributed by atoms with E-state index in [4.69, 9.17) is 19.3 Å². The van der Waals surface area contributed by atoms with Crippen molar-refractivity contribution in [2.24, 2.45) is 0 Å². The molecule has 0 radical (unpaired) electrons. The largest absolute Gasteiger partial charge is 0.469 e. The van der Waals surface area contributed by atoms with Crippen molar-refractivity contribution in [3.05, 3.63) is 35.9 Å². The first kappa shape index (κ1) is 16.9. The van der Waals surface area contributed by atoms with Gasteiger partial charge in [-0.1, -0.05) is 30.3 Å². The maximum absolute atomic E-state index is 11.5. The maximum Gasteiger partial charge on any atom is 0.308 e. The summed E-state index contributed by atoms with van der Waals surface area (Å²) in [6, 6.07) is 9.72. The third-order valence-corrected chi connectivity index (χ3v) is 3.79. The zero-order valence-electron chi connectivity index (χ0n) is 12.9. The molecule has 5 heteroatoms.